The number of hydrogen-bond acceptors (Lipinski definition) is 5. The van der Waals surface area contributed by atoms with E-state index in [9.17, 15) is 22.8 Å². The third kappa shape index (κ3) is 5.79. The van der Waals surface area contributed by atoms with E-state index in [-0.39, 0.29) is 30.0 Å². The first-order valence-electron chi connectivity index (χ1n) is 10.9. The van der Waals surface area contributed by atoms with Crippen LogP contribution in [0, 0.1) is 0 Å². The highest BCUT2D eigenvalue weighted by molar-refractivity contribution is 7.90. The predicted molar refractivity (Wildman–Crippen MR) is 134 cm³/mol. The normalized spacial score (nSPS) is 15.5. The van der Waals surface area contributed by atoms with Crippen molar-refractivity contribution in [3.63, 3.8) is 0 Å². The number of amides is 3. The Balaban J connectivity index is 1.85. The zero-order valence-corrected chi connectivity index (χ0v) is 22.2. The van der Waals surface area contributed by atoms with Crippen LogP contribution in [0.25, 0.3) is 0 Å². The van der Waals surface area contributed by atoms with Crippen LogP contribution in [0.2, 0.25) is 10.0 Å². The third-order valence-electron chi connectivity index (χ3n) is 5.50. The molecule has 3 rings (SSSR count). The van der Waals surface area contributed by atoms with Crippen molar-refractivity contribution < 1.29 is 22.8 Å². The first-order chi connectivity index (χ1) is 16.2. The van der Waals surface area contributed by atoms with Crippen LogP contribution in [0.5, 0.6) is 0 Å². The molecule has 188 valence electrons. The molecular weight excluding hydrogens is 513 g/mol. The molecule has 2 aromatic carbocycles. The van der Waals surface area contributed by atoms with Crippen molar-refractivity contribution >= 4 is 50.9 Å². The molecule has 1 heterocycles. The van der Waals surface area contributed by atoms with E-state index < -0.39 is 39.3 Å². The maximum absolute atomic E-state index is 13.4. The molecule has 0 aliphatic carbocycles. The summed E-state index contributed by atoms with van der Waals surface area (Å²) in [5.41, 5.74) is -0.0151. The number of rotatable bonds is 7. The van der Waals surface area contributed by atoms with Gasteiger partial charge in [0.15, 0.2) is 0 Å². The van der Waals surface area contributed by atoms with Crippen LogP contribution in [0.3, 0.4) is 0 Å². The van der Waals surface area contributed by atoms with E-state index in [1.807, 2.05) is 20.8 Å². The summed E-state index contributed by atoms with van der Waals surface area (Å²) in [5, 5.41) is 3.49. The monoisotopic (exact) mass is 539 g/mol. The highest BCUT2D eigenvalue weighted by Gasteiger charge is 2.41. The van der Waals surface area contributed by atoms with Crippen molar-refractivity contribution in [1.82, 2.24) is 14.5 Å². The highest BCUT2D eigenvalue weighted by atomic mass is 35.5. The Morgan fingerprint density at radius 3 is 2.23 bits per heavy atom. The molecule has 1 aliphatic heterocycles. The van der Waals surface area contributed by atoms with Gasteiger partial charge in [-0.3, -0.25) is 14.4 Å². The molecule has 8 nitrogen and oxygen atoms in total. The van der Waals surface area contributed by atoms with Crippen LogP contribution in [-0.2, 0) is 26.2 Å². The lowest BCUT2D eigenvalue weighted by Gasteiger charge is -2.32. The molecule has 0 bridgehead atoms. The van der Waals surface area contributed by atoms with Crippen molar-refractivity contribution in [2.75, 3.05) is 6.54 Å². The van der Waals surface area contributed by atoms with E-state index >= 15 is 0 Å². The molecule has 0 unspecified atom stereocenters. The summed E-state index contributed by atoms with van der Waals surface area (Å²) in [7, 11) is -4.06. The minimum atomic E-state index is -4.06. The van der Waals surface area contributed by atoms with Gasteiger partial charge >= 0.3 is 0 Å². The van der Waals surface area contributed by atoms with Gasteiger partial charge < -0.3 is 10.2 Å². The van der Waals surface area contributed by atoms with Crippen LogP contribution >= 0.6 is 23.2 Å². The lowest BCUT2D eigenvalue weighted by Crippen LogP contribution is -2.52. The van der Waals surface area contributed by atoms with Gasteiger partial charge in [-0.1, -0.05) is 41.4 Å². The number of fused-ring (bicyclic) bond motifs is 1. The van der Waals surface area contributed by atoms with Gasteiger partial charge in [0.1, 0.15) is 10.9 Å². The number of halogens is 2. The fourth-order valence-electron chi connectivity index (χ4n) is 3.70. The molecule has 35 heavy (non-hydrogen) atoms. The number of nitrogens with zero attached hydrogens (tertiary/aromatic N) is 2. The predicted octanol–water partition coefficient (Wildman–Crippen LogP) is 3.86. The Morgan fingerprint density at radius 1 is 1.06 bits per heavy atom. The van der Waals surface area contributed by atoms with Crippen LogP contribution in [0.4, 0.5) is 0 Å². The number of carbonyl (C=O) groups excluding carboxylic acids is 3. The van der Waals surface area contributed by atoms with Crippen molar-refractivity contribution in [3.8, 4) is 0 Å². The van der Waals surface area contributed by atoms with E-state index in [0.29, 0.717) is 19.9 Å². The molecule has 0 spiro atoms. The van der Waals surface area contributed by atoms with Crippen LogP contribution < -0.4 is 5.32 Å². The van der Waals surface area contributed by atoms with Crippen LogP contribution in [-0.4, -0.2) is 53.5 Å². The van der Waals surface area contributed by atoms with E-state index in [0.717, 1.165) is 0 Å². The van der Waals surface area contributed by atoms with Crippen LogP contribution in [0.15, 0.2) is 47.4 Å². The molecule has 0 aromatic heterocycles. The van der Waals surface area contributed by atoms with E-state index in [1.54, 1.807) is 31.2 Å². The zero-order chi connectivity index (χ0) is 26.1. The summed E-state index contributed by atoms with van der Waals surface area (Å²) in [6, 6.07) is 9.88. The molecule has 1 N–H and O–H groups in total. The third-order valence-corrected chi connectivity index (χ3v) is 8.05. The lowest BCUT2D eigenvalue weighted by atomic mass is 10.1. The number of carbonyl (C=O) groups is 3. The molecule has 1 aliphatic rings. The topological polar surface area (TPSA) is 104 Å². The summed E-state index contributed by atoms with van der Waals surface area (Å²) in [6.07, 6.45) is -0.325. The van der Waals surface area contributed by atoms with Gasteiger partial charge in [-0.25, -0.2) is 12.7 Å². The Labute approximate surface area is 215 Å². The second kappa shape index (κ2) is 10.2. The fourth-order valence-corrected chi connectivity index (χ4v) is 5.79. The van der Waals surface area contributed by atoms with Gasteiger partial charge in [0.2, 0.25) is 11.8 Å². The zero-order valence-electron chi connectivity index (χ0n) is 19.8. The largest absolute Gasteiger partial charge is 0.350 e. The smallest absolute Gasteiger partial charge is 0.269 e. The number of hydrogen-bond donors (Lipinski definition) is 1. The van der Waals surface area contributed by atoms with E-state index in [1.165, 1.54) is 23.1 Å². The molecule has 1 atom stereocenters. The molecule has 0 radical (unpaired) electrons. The standard InChI is InChI=1S/C24H27Cl2N3O5S/c1-15(22(31)27-24(2,3)4)28(14-17-18(25)9-7-10-19(17)26)21(30)12-13-29-23(32)16-8-5-6-11-20(16)35(29,33)34/h5-11,15H,12-14H2,1-4H3,(H,27,31)/t15-/m1/s1. The van der Waals surface area contributed by atoms with Crippen LogP contribution in [0.1, 0.15) is 50.0 Å². The SMILES string of the molecule is C[C@H](C(=O)NC(C)(C)C)N(Cc1c(Cl)cccc1Cl)C(=O)CCN1C(=O)c2ccccc2S1(=O)=O. The van der Waals surface area contributed by atoms with Crippen molar-refractivity contribution in [2.24, 2.45) is 0 Å². The summed E-state index contributed by atoms with van der Waals surface area (Å²) in [5.74, 6) is -1.62. The van der Waals surface area contributed by atoms with E-state index in [4.69, 9.17) is 23.2 Å². The Morgan fingerprint density at radius 2 is 1.66 bits per heavy atom. The maximum Gasteiger partial charge on any atom is 0.269 e. The number of sulfonamides is 1. The van der Waals surface area contributed by atoms with Gasteiger partial charge in [-0.05, 0) is 52.0 Å². The van der Waals surface area contributed by atoms with E-state index in [2.05, 4.69) is 5.32 Å². The average Bonchev–Trinajstić information content (AvgIpc) is 2.96. The Hall–Kier alpha value is -2.62. The molecule has 11 heteroatoms. The fraction of sp³-hybridized carbons (Fsp3) is 0.375. The minimum absolute atomic E-state index is 0.0672. The first-order valence-corrected chi connectivity index (χ1v) is 13.1. The number of nitrogens with one attached hydrogen (secondary N) is 1. The van der Waals surface area contributed by atoms with Gasteiger partial charge in [0, 0.05) is 40.7 Å². The highest BCUT2D eigenvalue weighted by Crippen LogP contribution is 2.31. The Kier molecular flexibility index (Phi) is 7.83. The van der Waals surface area contributed by atoms with Gasteiger partial charge in [0.25, 0.3) is 15.9 Å². The minimum Gasteiger partial charge on any atom is -0.350 e. The summed E-state index contributed by atoms with van der Waals surface area (Å²) >= 11 is 12.6. The van der Waals surface area contributed by atoms with Crippen molar-refractivity contribution in [3.05, 3.63) is 63.6 Å². The second-order valence-corrected chi connectivity index (χ2v) is 11.9. The average molecular weight is 540 g/mol. The molecule has 0 saturated heterocycles. The quantitative estimate of drug-likeness (QED) is 0.575. The lowest BCUT2D eigenvalue weighted by molar-refractivity contribution is -0.141. The first kappa shape index (κ1) is 27.0. The second-order valence-electron chi connectivity index (χ2n) is 9.27. The molecular formula is C24H27Cl2N3O5S. The van der Waals surface area contributed by atoms with Gasteiger partial charge in [-0.15, -0.1) is 0 Å². The molecule has 3 amide bonds. The maximum atomic E-state index is 13.4. The van der Waals surface area contributed by atoms with Crippen molar-refractivity contribution in [2.45, 2.75) is 57.1 Å². The van der Waals surface area contributed by atoms with Crippen molar-refractivity contribution in [1.29, 1.82) is 0 Å². The summed E-state index contributed by atoms with van der Waals surface area (Å²) in [6.45, 7) is 6.58. The molecule has 0 saturated carbocycles. The molecule has 0 fully saturated rings. The summed E-state index contributed by atoms with van der Waals surface area (Å²) in [4.78, 5) is 40.1. The van der Waals surface area contributed by atoms with Gasteiger partial charge in [0.05, 0.1) is 5.56 Å². The number of benzene rings is 2. The molecule has 2 aromatic rings. The van der Waals surface area contributed by atoms with Gasteiger partial charge in [-0.2, -0.15) is 0 Å². The Bertz CT molecular complexity index is 1250. The summed E-state index contributed by atoms with van der Waals surface area (Å²) < 4.78 is 26.4.